The standard InChI is InChI=1S/C12H19BrN2O2/c1-8(2)6-10-12(17)15(7-9(3)13)5-4-11(16)14-10/h8,10H,3-7H2,1-2H3,(H,14,16). The molecule has 0 saturated carbocycles. The Kier molecular flexibility index (Phi) is 5.18. The Morgan fingerprint density at radius 1 is 1.59 bits per heavy atom. The highest BCUT2D eigenvalue weighted by Crippen LogP contribution is 2.14. The molecule has 0 aromatic carbocycles. The minimum atomic E-state index is -0.392. The Morgan fingerprint density at radius 3 is 2.76 bits per heavy atom. The first kappa shape index (κ1) is 14.2. The van der Waals surface area contributed by atoms with Gasteiger partial charge in [-0.2, -0.15) is 0 Å². The largest absolute Gasteiger partial charge is 0.344 e. The van der Waals surface area contributed by atoms with E-state index >= 15 is 0 Å². The van der Waals surface area contributed by atoms with Gasteiger partial charge in [0, 0.05) is 17.4 Å². The van der Waals surface area contributed by atoms with Gasteiger partial charge < -0.3 is 10.2 Å². The molecule has 0 aromatic heterocycles. The Balaban J connectivity index is 2.77. The highest BCUT2D eigenvalue weighted by atomic mass is 79.9. The Hall–Kier alpha value is -0.840. The zero-order valence-electron chi connectivity index (χ0n) is 10.3. The number of carbonyl (C=O) groups excluding carboxylic acids is 2. The van der Waals surface area contributed by atoms with Crippen molar-refractivity contribution < 1.29 is 9.59 Å². The topological polar surface area (TPSA) is 49.4 Å². The van der Waals surface area contributed by atoms with Gasteiger partial charge in [0.2, 0.25) is 11.8 Å². The van der Waals surface area contributed by atoms with Gasteiger partial charge in [0.25, 0.3) is 0 Å². The van der Waals surface area contributed by atoms with Crippen LogP contribution in [-0.2, 0) is 9.59 Å². The number of hydrogen-bond donors (Lipinski definition) is 1. The summed E-state index contributed by atoms with van der Waals surface area (Å²) >= 11 is 3.26. The van der Waals surface area contributed by atoms with Crippen LogP contribution < -0.4 is 5.32 Å². The molecular formula is C12H19BrN2O2. The monoisotopic (exact) mass is 302 g/mol. The minimum absolute atomic E-state index is 0.00912. The molecule has 0 aliphatic carbocycles. The van der Waals surface area contributed by atoms with E-state index in [0.717, 1.165) is 4.48 Å². The van der Waals surface area contributed by atoms with Crippen molar-refractivity contribution in [2.24, 2.45) is 5.92 Å². The fourth-order valence-corrected chi connectivity index (χ4v) is 2.19. The first-order valence-corrected chi connectivity index (χ1v) is 6.61. The first-order valence-electron chi connectivity index (χ1n) is 5.81. The zero-order chi connectivity index (χ0) is 13.0. The molecule has 2 amide bonds. The lowest BCUT2D eigenvalue weighted by Gasteiger charge is -2.24. The second-order valence-corrected chi connectivity index (χ2v) is 5.90. The van der Waals surface area contributed by atoms with Crippen LogP contribution in [0.1, 0.15) is 26.7 Å². The normalized spacial score (nSPS) is 21.4. The summed E-state index contributed by atoms with van der Waals surface area (Å²) in [7, 11) is 0. The maximum atomic E-state index is 12.2. The number of nitrogens with zero attached hydrogens (tertiary/aromatic N) is 1. The van der Waals surface area contributed by atoms with Gasteiger partial charge in [-0.25, -0.2) is 0 Å². The van der Waals surface area contributed by atoms with Gasteiger partial charge in [-0.05, 0) is 12.3 Å². The van der Waals surface area contributed by atoms with Crippen LogP contribution >= 0.6 is 15.9 Å². The molecule has 0 aromatic rings. The summed E-state index contributed by atoms with van der Waals surface area (Å²) in [6.45, 7) is 8.74. The van der Waals surface area contributed by atoms with Crippen LogP contribution in [-0.4, -0.2) is 35.8 Å². The molecule has 1 unspecified atom stereocenters. The van der Waals surface area contributed by atoms with E-state index < -0.39 is 6.04 Å². The van der Waals surface area contributed by atoms with E-state index in [-0.39, 0.29) is 11.8 Å². The van der Waals surface area contributed by atoms with E-state index in [1.165, 1.54) is 0 Å². The van der Waals surface area contributed by atoms with Crippen LogP contribution in [0, 0.1) is 5.92 Å². The highest BCUT2D eigenvalue weighted by molar-refractivity contribution is 9.11. The first-order chi connectivity index (χ1) is 7.90. The number of hydrogen-bond acceptors (Lipinski definition) is 2. The maximum Gasteiger partial charge on any atom is 0.245 e. The summed E-state index contributed by atoms with van der Waals surface area (Å²) in [5.41, 5.74) is 0. The van der Waals surface area contributed by atoms with Gasteiger partial charge in [0.15, 0.2) is 0 Å². The predicted molar refractivity (Wildman–Crippen MR) is 70.6 cm³/mol. The molecule has 1 aliphatic rings. The van der Waals surface area contributed by atoms with E-state index in [1.807, 2.05) is 13.8 Å². The third-order valence-corrected chi connectivity index (χ3v) is 2.87. The molecule has 0 spiro atoms. The molecule has 96 valence electrons. The molecule has 0 bridgehead atoms. The Bertz CT molecular complexity index is 328. The molecule has 1 saturated heterocycles. The molecule has 1 heterocycles. The Labute approximate surface area is 111 Å². The van der Waals surface area contributed by atoms with Gasteiger partial charge in [0.1, 0.15) is 6.04 Å². The summed E-state index contributed by atoms with van der Waals surface area (Å²) in [6.07, 6.45) is 1.04. The van der Waals surface area contributed by atoms with E-state index in [0.29, 0.717) is 31.8 Å². The van der Waals surface area contributed by atoms with Crippen molar-refractivity contribution in [3.63, 3.8) is 0 Å². The number of carbonyl (C=O) groups is 2. The van der Waals surface area contributed by atoms with E-state index in [9.17, 15) is 9.59 Å². The SMILES string of the molecule is C=C(Br)CN1CCC(=O)NC(CC(C)C)C1=O. The fraction of sp³-hybridized carbons (Fsp3) is 0.667. The summed E-state index contributed by atoms with van der Waals surface area (Å²) in [4.78, 5) is 25.4. The number of nitrogens with one attached hydrogen (secondary N) is 1. The van der Waals surface area contributed by atoms with E-state index in [4.69, 9.17) is 0 Å². The van der Waals surface area contributed by atoms with Gasteiger partial charge in [0.05, 0.1) is 6.54 Å². The molecule has 1 fully saturated rings. The molecule has 1 N–H and O–H groups in total. The molecule has 1 rings (SSSR count). The zero-order valence-corrected chi connectivity index (χ0v) is 11.9. The van der Waals surface area contributed by atoms with Crippen LogP contribution in [0.25, 0.3) is 0 Å². The number of rotatable bonds is 4. The fourth-order valence-electron chi connectivity index (χ4n) is 1.89. The second kappa shape index (κ2) is 6.19. The van der Waals surface area contributed by atoms with E-state index in [1.54, 1.807) is 4.90 Å². The van der Waals surface area contributed by atoms with Gasteiger partial charge in [-0.3, -0.25) is 9.59 Å². The molecule has 1 aliphatic heterocycles. The van der Waals surface area contributed by atoms with Crippen molar-refractivity contribution >= 4 is 27.7 Å². The third kappa shape index (κ3) is 4.50. The molecule has 1 atom stereocenters. The quantitative estimate of drug-likeness (QED) is 0.858. The lowest BCUT2D eigenvalue weighted by molar-refractivity contribution is -0.133. The highest BCUT2D eigenvalue weighted by Gasteiger charge is 2.30. The molecule has 17 heavy (non-hydrogen) atoms. The average molecular weight is 303 g/mol. The second-order valence-electron chi connectivity index (χ2n) is 4.78. The summed E-state index contributed by atoms with van der Waals surface area (Å²) in [5, 5.41) is 2.79. The average Bonchev–Trinajstić information content (AvgIpc) is 2.30. The van der Waals surface area contributed by atoms with Crippen molar-refractivity contribution in [2.45, 2.75) is 32.7 Å². The number of amides is 2. The summed E-state index contributed by atoms with van der Waals surface area (Å²) in [6, 6.07) is -0.392. The molecular weight excluding hydrogens is 284 g/mol. The predicted octanol–water partition coefficient (Wildman–Crippen LogP) is 1.66. The van der Waals surface area contributed by atoms with Crippen molar-refractivity contribution in [2.75, 3.05) is 13.1 Å². The third-order valence-electron chi connectivity index (χ3n) is 2.62. The minimum Gasteiger partial charge on any atom is -0.344 e. The van der Waals surface area contributed by atoms with Gasteiger partial charge in [-0.15, -0.1) is 0 Å². The summed E-state index contributed by atoms with van der Waals surface area (Å²) in [5.74, 6) is 0.313. The maximum absolute atomic E-state index is 12.2. The van der Waals surface area contributed by atoms with Crippen molar-refractivity contribution in [3.8, 4) is 0 Å². The van der Waals surface area contributed by atoms with Crippen LogP contribution in [0.5, 0.6) is 0 Å². The van der Waals surface area contributed by atoms with Gasteiger partial charge in [-0.1, -0.05) is 36.4 Å². The molecule has 5 heteroatoms. The van der Waals surface area contributed by atoms with Crippen LogP contribution in [0.4, 0.5) is 0 Å². The smallest absolute Gasteiger partial charge is 0.245 e. The van der Waals surface area contributed by atoms with Crippen molar-refractivity contribution in [1.82, 2.24) is 10.2 Å². The van der Waals surface area contributed by atoms with Crippen LogP contribution in [0.2, 0.25) is 0 Å². The Morgan fingerprint density at radius 2 is 2.24 bits per heavy atom. The molecule has 4 nitrogen and oxygen atoms in total. The lowest BCUT2D eigenvalue weighted by Crippen LogP contribution is -2.45. The van der Waals surface area contributed by atoms with Crippen LogP contribution in [0.15, 0.2) is 11.1 Å². The van der Waals surface area contributed by atoms with E-state index in [2.05, 4.69) is 27.8 Å². The molecule has 0 radical (unpaired) electrons. The summed E-state index contributed by atoms with van der Waals surface area (Å²) < 4.78 is 0.753. The van der Waals surface area contributed by atoms with Crippen LogP contribution in [0.3, 0.4) is 0 Å². The van der Waals surface area contributed by atoms with Crippen molar-refractivity contribution in [1.29, 1.82) is 0 Å². The number of halogens is 1. The van der Waals surface area contributed by atoms with Gasteiger partial charge >= 0.3 is 0 Å². The lowest BCUT2D eigenvalue weighted by atomic mass is 10.0. The van der Waals surface area contributed by atoms with Crippen molar-refractivity contribution in [3.05, 3.63) is 11.1 Å².